The summed E-state index contributed by atoms with van der Waals surface area (Å²) >= 11 is 0. The molecule has 2 rings (SSSR count). The Morgan fingerprint density at radius 3 is 2.67 bits per heavy atom. The third-order valence-electron chi connectivity index (χ3n) is 3.85. The number of halogens is 3. The standard InChI is InChI=1S/C17H23F3N2O2/c1-12-10-22(11-16(2,3)24-12)15(23)21-9-8-13-6-4-5-7-14(13)17(18,19)20/h4-7,12H,8-11H2,1-3H3,(H,21,23). The molecule has 0 radical (unpaired) electrons. The van der Waals surface area contributed by atoms with Crippen molar-refractivity contribution in [3.63, 3.8) is 0 Å². The molecule has 1 saturated heterocycles. The number of nitrogens with zero attached hydrogens (tertiary/aromatic N) is 1. The zero-order chi connectivity index (χ0) is 18.0. The van der Waals surface area contributed by atoms with E-state index in [4.69, 9.17) is 4.74 Å². The second-order valence-electron chi connectivity index (χ2n) is 6.71. The van der Waals surface area contributed by atoms with E-state index in [1.807, 2.05) is 20.8 Å². The van der Waals surface area contributed by atoms with Crippen LogP contribution in [0.15, 0.2) is 24.3 Å². The summed E-state index contributed by atoms with van der Waals surface area (Å²) in [6, 6.07) is 5.15. The summed E-state index contributed by atoms with van der Waals surface area (Å²) in [6.45, 7) is 6.76. The minimum atomic E-state index is -4.38. The van der Waals surface area contributed by atoms with Crippen molar-refractivity contribution in [2.24, 2.45) is 0 Å². The van der Waals surface area contributed by atoms with Crippen LogP contribution in [0, 0.1) is 0 Å². The first kappa shape index (κ1) is 18.6. The molecule has 24 heavy (non-hydrogen) atoms. The molecule has 1 aliphatic rings. The molecule has 1 aromatic carbocycles. The number of amides is 2. The Balaban J connectivity index is 1.92. The maximum Gasteiger partial charge on any atom is 0.416 e. The molecule has 1 heterocycles. The lowest BCUT2D eigenvalue weighted by Crippen LogP contribution is -2.56. The number of nitrogens with one attached hydrogen (secondary N) is 1. The summed E-state index contributed by atoms with van der Waals surface area (Å²) in [5.74, 6) is 0. The van der Waals surface area contributed by atoms with E-state index >= 15 is 0 Å². The van der Waals surface area contributed by atoms with Gasteiger partial charge in [-0.2, -0.15) is 13.2 Å². The molecule has 0 bridgehead atoms. The predicted molar refractivity (Wildman–Crippen MR) is 84.7 cm³/mol. The summed E-state index contributed by atoms with van der Waals surface area (Å²) in [6.07, 6.45) is -4.33. The molecule has 134 valence electrons. The molecule has 1 N–H and O–H groups in total. The lowest BCUT2D eigenvalue weighted by atomic mass is 10.0. The number of carbonyl (C=O) groups excluding carboxylic acids is 1. The van der Waals surface area contributed by atoms with Gasteiger partial charge in [0.1, 0.15) is 0 Å². The quantitative estimate of drug-likeness (QED) is 0.912. The minimum Gasteiger partial charge on any atom is -0.369 e. The Kier molecular flexibility index (Phi) is 5.42. The van der Waals surface area contributed by atoms with E-state index in [1.165, 1.54) is 12.1 Å². The van der Waals surface area contributed by atoms with Crippen LogP contribution in [0.1, 0.15) is 31.9 Å². The minimum absolute atomic E-state index is 0.0783. The van der Waals surface area contributed by atoms with E-state index in [1.54, 1.807) is 11.0 Å². The van der Waals surface area contributed by atoms with Crippen LogP contribution in [0.5, 0.6) is 0 Å². The number of carbonyl (C=O) groups is 1. The maximum absolute atomic E-state index is 12.9. The first-order chi connectivity index (χ1) is 11.1. The molecule has 2 amide bonds. The number of alkyl halides is 3. The van der Waals surface area contributed by atoms with Gasteiger partial charge < -0.3 is 15.0 Å². The van der Waals surface area contributed by atoms with Crippen molar-refractivity contribution in [3.05, 3.63) is 35.4 Å². The summed E-state index contributed by atoms with van der Waals surface area (Å²) < 4.78 is 44.6. The fraction of sp³-hybridized carbons (Fsp3) is 0.588. The Morgan fingerprint density at radius 1 is 1.38 bits per heavy atom. The first-order valence-corrected chi connectivity index (χ1v) is 7.94. The molecular formula is C17H23F3N2O2. The van der Waals surface area contributed by atoms with E-state index in [0.717, 1.165) is 6.07 Å². The Bertz CT molecular complexity index is 587. The summed E-state index contributed by atoms with van der Waals surface area (Å²) in [7, 11) is 0. The summed E-state index contributed by atoms with van der Waals surface area (Å²) in [5, 5.41) is 2.70. The summed E-state index contributed by atoms with van der Waals surface area (Å²) in [5.41, 5.74) is -0.904. The van der Waals surface area contributed by atoms with Crippen molar-refractivity contribution >= 4 is 6.03 Å². The molecule has 1 unspecified atom stereocenters. The zero-order valence-electron chi connectivity index (χ0n) is 14.1. The third-order valence-corrected chi connectivity index (χ3v) is 3.85. The monoisotopic (exact) mass is 344 g/mol. The smallest absolute Gasteiger partial charge is 0.369 e. The van der Waals surface area contributed by atoms with Crippen LogP contribution >= 0.6 is 0 Å². The van der Waals surface area contributed by atoms with Crippen LogP contribution in [0.25, 0.3) is 0 Å². The average molecular weight is 344 g/mol. The van der Waals surface area contributed by atoms with E-state index in [9.17, 15) is 18.0 Å². The van der Waals surface area contributed by atoms with Gasteiger partial charge in [0.05, 0.1) is 23.8 Å². The maximum atomic E-state index is 12.9. The molecule has 7 heteroatoms. The van der Waals surface area contributed by atoms with Gasteiger partial charge in [0.2, 0.25) is 0 Å². The van der Waals surface area contributed by atoms with Crippen LogP contribution in [0.2, 0.25) is 0 Å². The van der Waals surface area contributed by atoms with Crippen LogP contribution in [-0.4, -0.2) is 42.3 Å². The van der Waals surface area contributed by atoms with Gasteiger partial charge in [0.15, 0.2) is 0 Å². The van der Waals surface area contributed by atoms with Crippen molar-refractivity contribution in [2.45, 2.75) is 45.1 Å². The van der Waals surface area contributed by atoms with Gasteiger partial charge in [-0.1, -0.05) is 18.2 Å². The second-order valence-corrected chi connectivity index (χ2v) is 6.71. The highest BCUT2D eigenvalue weighted by Gasteiger charge is 2.34. The van der Waals surface area contributed by atoms with Crippen LogP contribution < -0.4 is 5.32 Å². The molecule has 0 aliphatic carbocycles. The number of hydrogen-bond acceptors (Lipinski definition) is 2. The van der Waals surface area contributed by atoms with Gasteiger partial charge >= 0.3 is 12.2 Å². The van der Waals surface area contributed by atoms with Crippen LogP contribution in [-0.2, 0) is 17.3 Å². The normalized spacial score (nSPS) is 20.8. The molecular weight excluding hydrogens is 321 g/mol. The predicted octanol–water partition coefficient (Wildman–Crippen LogP) is 3.46. The van der Waals surface area contributed by atoms with Gasteiger partial charge in [-0.25, -0.2) is 4.79 Å². The van der Waals surface area contributed by atoms with E-state index in [0.29, 0.717) is 13.1 Å². The van der Waals surface area contributed by atoms with Crippen molar-refractivity contribution in [2.75, 3.05) is 19.6 Å². The van der Waals surface area contributed by atoms with E-state index in [-0.39, 0.29) is 30.7 Å². The molecule has 1 aromatic rings. The SMILES string of the molecule is CC1CN(C(=O)NCCc2ccccc2C(F)(F)F)CC(C)(C)O1. The topological polar surface area (TPSA) is 41.6 Å². The number of morpholine rings is 1. The fourth-order valence-corrected chi connectivity index (χ4v) is 3.04. The molecule has 4 nitrogen and oxygen atoms in total. The van der Waals surface area contributed by atoms with E-state index < -0.39 is 17.3 Å². The van der Waals surface area contributed by atoms with Gasteiger partial charge in [0, 0.05) is 13.1 Å². The first-order valence-electron chi connectivity index (χ1n) is 7.94. The largest absolute Gasteiger partial charge is 0.416 e. The van der Waals surface area contributed by atoms with Crippen LogP contribution in [0.3, 0.4) is 0 Å². The average Bonchev–Trinajstić information content (AvgIpc) is 2.44. The highest BCUT2D eigenvalue weighted by molar-refractivity contribution is 5.74. The van der Waals surface area contributed by atoms with Crippen molar-refractivity contribution in [1.82, 2.24) is 10.2 Å². The Morgan fingerprint density at radius 2 is 2.04 bits per heavy atom. The molecule has 1 aliphatic heterocycles. The highest BCUT2D eigenvalue weighted by Crippen LogP contribution is 2.31. The highest BCUT2D eigenvalue weighted by atomic mass is 19.4. The van der Waals surface area contributed by atoms with Crippen LogP contribution in [0.4, 0.5) is 18.0 Å². The van der Waals surface area contributed by atoms with Crippen molar-refractivity contribution in [1.29, 1.82) is 0 Å². The number of benzene rings is 1. The lowest BCUT2D eigenvalue weighted by Gasteiger charge is -2.41. The van der Waals surface area contributed by atoms with Crippen molar-refractivity contribution in [3.8, 4) is 0 Å². The second kappa shape index (κ2) is 7.01. The van der Waals surface area contributed by atoms with Crippen molar-refractivity contribution < 1.29 is 22.7 Å². The number of ether oxygens (including phenoxy) is 1. The number of urea groups is 1. The molecule has 0 saturated carbocycles. The molecule has 1 atom stereocenters. The molecule has 0 spiro atoms. The third kappa shape index (κ3) is 4.87. The summed E-state index contributed by atoms with van der Waals surface area (Å²) in [4.78, 5) is 13.9. The Hall–Kier alpha value is -1.76. The van der Waals surface area contributed by atoms with Gasteiger partial charge in [-0.3, -0.25) is 0 Å². The number of rotatable bonds is 3. The molecule has 0 aromatic heterocycles. The lowest BCUT2D eigenvalue weighted by molar-refractivity contribution is -0.138. The van der Waals surface area contributed by atoms with E-state index in [2.05, 4.69) is 5.32 Å². The Labute approximate surface area is 140 Å². The zero-order valence-corrected chi connectivity index (χ0v) is 14.1. The fourth-order valence-electron chi connectivity index (χ4n) is 3.04. The van der Waals surface area contributed by atoms with Gasteiger partial charge in [-0.15, -0.1) is 0 Å². The number of hydrogen-bond donors (Lipinski definition) is 1. The molecule has 1 fully saturated rings. The van der Waals surface area contributed by atoms with Gasteiger partial charge in [0.25, 0.3) is 0 Å². The van der Waals surface area contributed by atoms with Gasteiger partial charge in [-0.05, 0) is 38.8 Å².